The molecule has 0 radical (unpaired) electrons. The number of hydrogen-bond donors (Lipinski definition) is 2. The fourth-order valence-corrected chi connectivity index (χ4v) is 0.476. The number of rotatable bonds is 4. The molecule has 3 nitrogen and oxygen atoms in total. The fraction of sp³-hybridized carbons (Fsp3) is 1.00. The van der Waals surface area contributed by atoms with E-state index in [1.165, 1.54) is 0 Å². The normalized spacial score (nSPS) is 13.9. The Hall–Kier alpha value is -0.120. The van der Waals surface area contributed by atoms with E-state index in [1.54, 1.807) is 0 Å². The summed E-state index contributed by atoms with van der Waals surface area (Å²) >= 11 is 0. The molecule has 0 rings (SSSR count). The van der Waals surface area contributed by atoms with Crippen LogP contribution in [0.15, 0.2) is 0 Å². The third-order valence-corrected chi connectivity index (χ3v) is 1.05. The van der Waals surface area contributed by atoms with Crippen molar-refractivity contribution in [3.05, 3.63) is 5.21 Å². The van der Waals surface area contributed by atoms with Crippen molar-refractivity contribution in [2.24, 2.45) is 5.73 Å². The first kappa shape index (κ1) is 7.88. The van der Waals surface area contributed by atoms with Gasteiger partial charge in [0, 0.05) is 6.42 Å². The molecule has 50 valence electrons. The lowest BCUT2D eigenvalue weighted by atomic mass is 10.4. The first-order chi connectivity index (χ1) is 3.81. The summed E-state index contributed by atoms with van der Waals surface area (Å²) in [6.07, 6.45) is 0.840. The summed E-state index contributed by atoms with van der Waals surface area (Å²) in [6.45, 7) is 3.82. The van der Waals surface area contributed by atoms with E-state index in [0.717, 1.165) is 6.42 Å². The average Bonchev–Trinajstić information content (AvgIpc) is 1.83. The van der Waals surface area contributed by atoms with Crippen LogP contribution in [0.2, 0.25) is 0 Å². The highest BCUT2D eigenvalue weighted by Gasteiger charge is 1.88. The van der Waals surface area contributed by atoms with Crippen molar-refractivity contribution in [1.29, 1.82) is 0 Å². The molecule has 0 aliphatic carbocycles. The Balaban J connectivity index is 2.86. The van der Waals surface area contributed by atoms with Crippen LogP contribution in [0.5, 0.6) is 0 Å². The molecular formula is C5H14N2O. The first-order valence-electron chi connectivity index (χ1n) is 3.03. The van der Waals surface area contributed by atoms with Crippen LogP contribution >= 0.6 is 0 Å². The fourth-order valence-electron chi connectivity index (χ4n) is 0.476. The van der Waals surface area contributed by atoms with Gasteiger partial charge in [-0.15, -0.1) is 0 Å². The zero-order chi connectivity index (χ0) is 6.41. The maximum atomic E-state index is 10.5. The van der Waals surface area contributed by atoms with Crippen LogP contribution < -0.4 is 10.8 Å². The lowest BCUT2D eigenvalue weighted by Gasteiger charge is -2.19. The Bertz CT molecular complexity index is 49.7. The molecule has 0 heterocycles. The first-order valence-corrected chi connectivity index (χ1v) is 3.03. The number of quaternary nitrogens is 1. The molecule has 0 aromatic carbocycles. The smallest absolute Gasteiger partial charge is 0.0780 e. The summed E-state index contributed by atoms with van der Waals surface area (Å²) in [5.74, 6) is 0. The van der Waals surface area contributed by atoms with Gasteiger partial charge in [-0.25, -0.2) is 0 Å². The molecule has 0 bridgehead atoms. The Labute approximate surface area is 50.0 Å². The molecule has 0 aliphatic heterocycles. The van der Waals surface area contributed by atoms with Gasteiger partial charge >= 0.3 is 0 Å². The van der Waals surface area contributed by atoms with E-state index in [0.29, 0.717) is 24.7 Å². The van der Waals surface area contributed by atoms with Crippen LogP contribution in [-0.2, 0) is 0 Å². The van der Waals surface area contributed by atoms with E-state index < -0.39 is 0 Å². The molecule has 0 aromatic rings. The van der Waals surface area contributed by atoms with Crippen LogP contribution in [0.25, 0.3) is 0 Å². The highest BCUT2D eigenvalue weighted by atomic mass is 16.5. The van der Waals surface area contributed by atoms with Gasteiger partial charge in [-0.2, -0.15) is 0 Å². The van der Waals surface area contributed by atoms with Crippen molar-refractivity contribution in [3.63, 3.8) is 0 Å². The van der Waals surface area contributed by atoms with Crippen molar-refractivity contribution in [2.45, 2.75) is 13.3 Å². The largest absolute Gasteiger partial charge is 0.634 e. The summed E-state index contributed by atoms with van der Waals surface area (Å²) in [7, 11) is 0. The molecule has 0 aromatic heterocycles. The van der Waals surface area contributed by atoms with Gasteiger partial charge in [-0.3, -0.25) is 0 Å². The molecule has 3 N–H and O–H groups in total. The quantitative estimate of drug-likeness (QED) is 0.453. The van der Waals surface area contributed by atoms with Crippen molar-refractivity contribution >= 4 is 0 Å². The molecule has 1 atom stereocenters. The van der Waals surface area contributed by atoms with Crippen LogP contribution in [0.4, 0.5) is 0 Å². The molecule has 0 fully saturated rings. The van der Waals surface area contributed by atoms with E-state index in [4.69, 9.17) is 5.73 Å². The number of nitrogens with two attached hydrogens (primary N) is 1. The van der Waals surface area contributed by atoms with Crippen molar-refractivity contribution < 1.29 is 5.06 Å². The second-order valence-corrected chi connectivity index (χ2v) is 1.78. The average molecular weight is 118 g/mol. The van der Waals surface area contributed by atoms with Crippen LogP contribution in [-0.4, -0.2) is 19.6 Å². The number of hydroxylamine groups is 2. The van der Waals surface area contributed by atoms with Crippen molar-refractivity contribution in [1.82, 2.24) is 0 Å². The summed E-state index contributed by atoms with van der Waals surface area (Å²) in [4.78, 5) is 0. The Morgan fingerprint density at radius 3 is 2.62 bits per heavy atom. The number of hydrogen-bond acceptors (Lipinski definition) is 2. The molecule has 3 heteroatoms. The lowest BCUT2D eigenvalue weighted by molar-refractivity contribution is -0.846. The monoisotopic (exact) mass is 118 g/mol. The van der Waals surface area contributed by atoms with E-state index in [2.05, 4.69) is 0 Å². The summed E-state index contributed by atoms with van der Waals surface area (Å²) in [5.41, 5.74) is 5.18. The topological polar surface area (TPSA) is 53.5 Å². The molecule has 0 saturated carbocycles. The van der Waals surface area contributed by atoms with E-state index in [9.17, 15) is 5.21 Å². The van der Waals surface area contributed by atoms with E-state index in [-0.39, 0.29) is 0 Å². The van der Waals surface area contributed by atoms with Gasteiger partial charge < -0.3 is 16.0 Å². The molecule has 0 aliphatic rings. The van der Waals surface area contributed by atoms with Gasteiger partial charge in [0.2, 0.25) is 0 Å². The lowest BCUT2D eigenvalue weighted by Crippen LogP contribution is -3.06. The van der Waals surface area contributed by atoms with Crippen molar-refractivity contribution in [3.8, 4) is 0 Å². The third kappa shape index (κ3) is 4.05. The van der Waals surface area contributed by atoms with Gasteiger partial charge in [0.1, 0.15) is 0 Å². The standard InChI is InChI=1S/C5H14N2O/c1-2-7(8)5-3-4-6/h7H,2-6H2,1H3. The van der Waals surface area contributed by atoms with Gasteiger partial charge in [-0.1, -0.05) is 0 Å². The van der Waals surface area contributed by atoms with Crippen LogP contribution in [0.1, 0.15) is 13.3 Å². The maximum Gasteiger partial charge on any atom is 0.0780 e. The Morgan fingerprint density at radius 2 is 2.25 bits per heavy atom. The van der Waals surface area contributed by atoms with Crippen molar-refractivity contribution in [2.75, 3.05) is 19.6 Å². The minimum atomic E-state index is 0.315. The predicted octanol–water partition coefficient (Wildman–Crippen LogP) is -1.26. The summed E-state index contributed by atoms with van der Waals surface area (Å²) in [6, 6.07) is 0. The van der Waals surface area contributed by atoms with Crippen LogP contribution in [0, 0.1) is 5.21 Å². The highest BCUT2D eigenvalue weighted by molar-refractivity contribution is 4.32. The molecule has 0 saturated heterocycles. The minimum absolute atomic E-state index is 0.315. The van der Waals surface area contributed by atoms with Gasteiger partial charge in [0.15, 0.2) is 0 Å². The second kappa shape index (κ2) is 5.03. The Morgan fingerprint density at radius 1 is 1.62 bits per heavy atom. The number of nitrogens with one attached hydrogen (secondary N) is 1. The van der Waals surface area contributed by atoms with Gasteiger partial charge in [0.25, 0.3) is 0 Å². The predicted molar refractivity (Wildman–Crippen MR) is 33.4 cm³/mol. The summed E-state index contributed by atoms with van der Waals surface area (Å²) < 4.78 is 0. The maximum absolute atomic E-state index is 10.5. The molecule has 1 unspecified atom stereocenters. The van der Waals surface area contributed by atoms with Gasteiger partial charge in [-0.05, 0) is 13.5 Å². The highest BCUT2D eigenvalue weighted by Crippen LogP contribution is 1.61. The SMILES string of the molecule is CC[NH+]([O-])CCCN. The zero-order valence-electron chi connectivity index (χ0n) is 5.31. The molecule has 0 spiro atoms. The second-order valence-electron chi connectivity index (χ2n) is 1.78. The zero-order valence-corrected chi connectivity index (χ0v) is 5.31. The van der Waals surface area contributed by atoms with Crippen LogP contribution in [0.3, 0.4) is 0 Å². The summed E-state index contributed by atoms with van der Waals surface area (Å²) in [5, 5.41) is 10.8. The Kier molecular flexibility index (Phi) is 4.95. The molecule has 0 amide bonds. The van der Waals surface area contributed by atoms with Gasteiger partial charge in [0.05, 0.1) is 13.1 Å². The molecule has 8 heavy (non-hydrogen) atoms. The third-order valence-electron chi connectivity index (χ3n) is 1.05. The van der Waals surface area contributed by atoms with E-state index in [1.807, 2.05) is 6.92 Å². The molecular weight excluding hydrogens is 104 g/mol. The van der Waals surface area contributed by atoms with E-state index >= 15 is 0 Å². The minimum Gasteiger partial charge on any atom is -0.634 e.